The Morgan fingerprint density at radius 2 is 2.23 bits per heavy atom. The number of rotatable bonds is 3. The molecule has 0 aliphatic rings. The number of amides is 1. The molecule has 11 heteroatoms. The zero-order valence-corrected chi connectivity index (χ0v) is 16.4. The molecule has 8 nitrogen and oxygen atoms in total. The van der Waals surface area contributed by atoms with Gasteiger partial charge < -0.3 is 5.32 Å². The fourth-order valence-corrected chi connectivity index (χ4v) is 4.26. The van der Waals surface area contributed by atoms with Crippen molar-refractivity contribution in [3.63, 3.8) is 0 Å². The summed E-state index contributed by atoms with van der Waals surface area (Å²) < 4.78 is 3.99. The highest BCUT2D eigenvalue weighted by Crippen LogP contribution is 2.28. The van der Waals surface area contributed by atoms with Crippen LogP contribution in [-0.2, 0) is 18.4 Å². The van der Waals surface area contributed by atoms with Gasteiger partial charge in [-0.05, 0) is 34.1 Å². The van der Waals surface area contributed by atoms with E-state index in [1.165, 1.54) is 26.9 Å². The van der Waals surface area contributed by atoms with E-state index in [1.807, 2.05) is 0 Å². The van der Waals surface area contributed by atoms with Crippen LogP contribution in [-0.4, -0.2) is 30.2 Å². The van der Waals surface area contributed by atoms with E-state index in [0.717, 1.165) is 10.2 Å². The third-order valence-corrected chi connectivity index (χ3v) is 5.40. The predicted octanol–water partition coefficient (Wildman–Crippen LogP) is 2.79. The lowest BCUT2D eigenvalue weighted by Gasteiger charge is -2.05. The Morgan fingerprint density at radius 1 is 1.42 bits per heavy atom. The van der Waals surface area contributed by atoms with Crippen molar-refractivity contribution in [2.75, 3.05) is 5.32 Å². The summed E-state index contributed by atoms with van der Waals surface area (Å²) >= 11 is 10.5. The fourth-order valence-electron chi connectivity index (χ4n) is 2.51. The molecule has 1 N–H and O–H groups in total. The molecule has 132 valence electrons. The van der Waals surface area contributed by atoms with Crippen molar-refractivity contribution in [1.29, 1.82) is 0 Å². The molecule has 0 unspecified atom stereocenters. The Hall–Kier alpha value is -2.30. The molecule has 0 saturated heterocycles. The van der Waals surface area contributed by atoms with E-state index < -0.39 is 0 Å². The van der Waals surface area contributed by atoms with Crippen LogP contribution < -0.4 is 10.9 Å². The van der Waals surface area contributed by atoms with Crippen molar-refractivity contribution in [2.24, 2.45) is 7.05 Å². The Bertz CT molecular complexity index is 1230. The molecule has 0 aliphatic heterocycles. The third-order valence-electron chi connectivity index (χ3n) is 3.68. The van der Waals surface area contributed by atoms with Crippen LogP contribution in [0.25, 0.3) is 21.3 Å². The Balaban J connectivity index is 1.59. The fraction of sp³-hybridized carbons (Fsp3) is 0.133. The minimum atomic E-state index is -0.376. The molecule has 0 bridgehead atoms. The number of fused-ring (bicyclic) bond motifs is 2. The number of hydrogen-bond donors (Lipinski definition) is 1. The van der Waals surface area contributed by atoms with Gasteiger partial charge in [-0.2, -0.15) is 5.10 Å². The lowest BCUT2D eigenvalue weighted by Crippen LogP contribution is -2.27. The Kier molecular flexibility index (Phi) is 4.25. The molecule has 26 heavy (non-hydrogen) atoms. The molecule has 3 aromatic heterocycles. The maximum Gasteiger partial charge on any atom is 0.266 e. The first-order chi connectivity index (χ1) is 12.4. The van der Waals surface area contributed by atoms with Crippen LogP contribution in [0.3, 0.4) is 0 Å². The highest BCUT2D eigenvalue weighted by atomic mass is 79.9. The van der Waals surface area contributed by atoms with Gasteiger partial charge in [0, 0.05) is 12.1 Å². The summed E-state index contributed by atoms with van der Waals surface area (Å²) in [6, 6.07) is 5.31. The van der Waals surface area contributed by atoms with Crippen molar-refractivity contribution in [1.82, 2.24) is 24.3 Å². The van der Waals surface area contributed by atoms with Crippen molar-refractivity contribution in [3.05, 3.63) is 44.5 Å². The molecule has 4 aromatic rings. The van der Waals surface area contributed by atoms with Gasteiger partial charge in [0.15, 0.2) is 10.8 Å². The zero-order valence-electron chi connectivity index (χ0n) is 13.2. The van der Waals surface area contributed by atoms with Crippen LogP contribution >= 0.6 is 38.9 Å². The molecule has 3 heterocycles. The molecule has 1 aromatic carbocycles. The van der Waals surface area contributed by atoms with Gasteiger partial charge in [0.05, 0.1) is 10.2 Å². The summed E-state index contributed by atoms with van der Waals surface area (Å²) in [6.07, 6.45) is 1.33. The molecule has 0 spiro atoms. The van der Waals surface area contributed by atoms with Crippen molar-refractivity contribution in [2.45, 2.75) is 6.54 Å². The standard InChI is InChI=1S/C15H10BrClN6O2S/c1-22-13-11(12(16)21-22)14(25)23(6-18-13)5-10(24)20-15-19-8-3-2-7(17)4-9(8)26-15/h2-4,6H,5H2,1H3,(H,19,20,24). The molecular formula is C15H10BrClN6O2S. The first-order valence-corrected chi connectivity index (χ1v) is 9.34. The SMILES string of the molecule is Cn1nc(Br)c2c(=O)n(CC(=O)Nc3nc4ccc(Cl)cc4s3)cnc21. The summed E-state index contributed by atoms with van der Waals surface area (Å²) in [5.74, 6) is -0.376. The van der Waals surface area contributed by atoms with E-state index >= 15 is 0 Å². The average Bonchev–Trinajstić information content (AvgIpc) is 3.09. The number of nitrogens with one attached hydrogen (secondary N) is 1. The number of carbonyl (C=O) groups excluding carboxylic acids is 1. The number of aromatic nitrogens is 5. The minimum Gasteiger partial charge on any atom is -0.300 e. The van der Waals surface area contributed by atoms with E-state index in [1.54, 1.807) is 25.2 Å². The van der Waals surface area contributed by atoms with E-state index in [4.69, 9.17) is 11.6 Å². The molecule has 0 saturated carbocycles. The van der Waals surface area contributed by atoms with Crippen molar-refractivity contribution < 1.29 is 4.79 Å². The van der Waals surface area contributed by atoms with Gasteiger partial charge in [-0.1, -0.05) is 22.9 Å². The minimum absolute atomic E-state index is 0.181. The number of thiazole rings is 1. The molecule has 0 radical (unpaired) electrons. The molecule has 1 amide bonds. The van der Waals surface area contributed by atoms with Gasteiger partial charge in [0.2, 0.25) is 5.91 Å². The molecule has 0 aliphatic carbocycles. The summed E-state index contributed by atoms with van der Waals surface area (Å²) in [7, 11) is 1.69. The highest BCUT2D eigenvalue weighted by Gasteiger charge is 2.15. The third kappa shape index (κ3) is 3.00. The molecular weight excluding hydrogens is 444 g/mol. The largest absolute Gasteiger partial charge is 0.300 e. The second-order valence-corrected chi connectivity index (χ2v) is 7.69. The first kappa shape index (κ1) is 17.1. The number of aryl methyl sites for hydroxylation is 1. The number of carbonyl (C=O) groups is 1. The van der Waals surface area contributed by atoms with Crippen molar-refractivity contribution in [3.8, 4) is 0 Å². The van der Waals surface area contributed by atoms with Crippen LogP contribution in [0.5, 0.6) is 0 Å². The van der Waals surface area contributed by atoms with Crippen LogP contribution in [0.1, 0.15) is 0 Å². The second kappa shape index (κ2) is 6.45. The molecule has 0 atom stereocenters. The number of benzene rings is 1. The maximum absolute atomic E-state index is 12.6. The van der Waals surface area contributed by atoms with E-state index in [-0.39, 0.29) is 18.0 Å². The number of halogens is 2. The lowest BCUT2D eigenvalue weighted by molar-refractivity contribution is -0.116. The quantitative estimate of drug-likeness (QED) is 0.515. The van der Waals surface area contributed by atoms with Gasteiger partial charge in [-0.25, -0.2) is 14.6 Å². The first-order valence-electron chi connectivity index (χ1n) is 7.36. The van der Waals surface area contributed by atoms with Crippen LogP contribution in [0.15, 0.2) is 33.9 Å². The number of hydrogen-bond acceptors (Lipinski definition) is 6. The number of anilines is 1. The second-order valence-electron chi connectivity index (χ2n) is 5.47. The smallest absolute Gasteiger partial charge is 0.266 e. The van der Waals surface area contributed by atoms with Crippen LogP contribution in [0, 0.1) is 0 Å². The molecule has 4 rings (SSSR count). The van der Waals surface area contributed by atoms with E-state index in [9.17, 15) is 9.59 Å². The number of nitrogens with zero attached hydrogens (tertiary/aromatic N) is 5. The van der Waals surface area contributed by atoms with Gasteiger partial charge >= 0.3 is 0 Å². The lowest BCUT2D eigenvalue weighted by atomic mass is 10.3. The van der Waals surface area contributed by atoms with Gasteiger partial charge in [-0.3, -0.25) is 14.2 Å². The maximum atomic E-state index is 12.6. The zero-order chi connectivity index (χ0) is 18.4. The van der Waals surface area contributed by atoms with Gasteiger partial charge in [0.1, 0.15) is 22.9 Å². The van der Waals surface area contributed by atoms with E-state index in [2.05, 4.69) is 36.3 Å². The van der Waals surface area contributed by atoms with Crippen LogP contribution in [0.2, 0.25) is 5.02 Å². The average molecular weight is 454 g/mol. The normalized spacial score (nSPS) is 11.3. The predicted molar refractivity (Wildman–Crippen MR) is 104 cm³/mol. The summed E-state index contributed by atoms with van der Waals surface area (Å²) in [4.78, 5) is 33.4. The topological polar surface area (TPSA) is 94.7 Å². The summed E-state index contributed by atoms with van der Waals surface area (Å²) in [5, 5.41) is 8.18. The Labute approximate surface area is 163 Å². The van der Waals surface area contributed by atoms with Crippen molar-refractivity contribution >= 4 is 71.2 Å². The van der Waals surface area contributed by atoms with Crippen LogP contribution in [0.4, 0.5) is 5.13 Å². The van der Waals surface area contributed by atoms with E-state index in [0.29, 0.717) is 25.8 Å². The van der Waals surface area contributed by atoms with Gasteiger partial charge in [-0.15, -0.1) is 0 Å². The monoisotopic (exact) mass is 452 g/mol. The Morgan fingerprint density at radius 3 is 3.04 bits per heavy atom. The summed E-state index contributed by atoms with van der Waals surface area (Å²) in [6.45, 7) is -0.181. The highest BCUT2D eigenvalue weighted by molar-refractivity contribution is 9.10. The van der Waals surface area contributed by atoms with Gasteiger partial charge in [0.25, 0.3) is 5.56 Å². The summed E-state index contributed by atoms with van der Waals surface area (Å²) in [5.41, 5.74) is 0.844. The molecule has 0 fully saturated rings.